The van der Waals surface area contributed by atoms with Crippen LogP contribution in [0, 0.1) is 17.0 Å². The zero-order valence-corrected chi connectivity index (χ0v) is 16.6. The van der Waals surface area contributed by atoms with Crippen LogP contribution in [0.15, 0.2) is 41.2 Å². The fourth-order valence-corrected chi connectivity index (χ4v) is 4.01. The monoisotopic (exact) mass is 394 g/mol. The molecule has 150 valence electrons. The van der Waals surface area contributed by atoms with Crippen LogP contribution < -0.4 is 10.3 Å². The van der Waals surface area contributed by atoms with Gasteiger partial charge in [-0.05, 0) is 63.2 Å². The number of likely N-dealkylation sites (tertiary alicyclic amines) is 1. The van der Waals surface area contributed by atoms with E-state index in [1.54, 1.807) is 42.9 Å². The van der Waals surface area contributed by atoms with E-state index in [0.717, 1.165) is 19.4 Å². The van der Waals surface area contributed by atoms with Gasteiger partial charge in [0.1, 0.15) is 11.6 Å². The number of ether oxygens (including phenoxy) is 1. The first kappa shape index (κ1) is 19.1. The number of nitro groups is 1. The average molecular weight is 394 g/mol. The number of methoxy groups -OCH3 is 1. The molecule has 0 radical (unpaired) electrons. The Morgan fingerprint density at radius 2 is 1.97 bits per heavy atom. The molecule has 0 spiro atoms. The van der Waals surface area contributed by atoms with E-state index in [0.29, 0.717) is 28.3 Å². The Morgan fingerprint density at radius 1 is 1.24 bits per heavy atom. The van der Waals surface area contributed by atoms with Crippen LogP contribution in [-0.4, -0.2) is 40.1 Å². The first-order valence-electron chi connectivity index (χ1n) is 9.47. The highest BCUT2D eigenvalue weighted by Gasteiger charge is 2.29. The van der Waals surface area contributed by atoms with E-state index in [4.69, 9.17) is 9.72 Å². The predicted octanol–water partition coefficient (Wildman–Crippen LogP) is 3.38. The van der Waals surface area contributed by atoms with Gasteiger partial charge >= 0.3 is 0 Å². The molecule has 1 aliphatic rings. The summed E-state index contributed by atoms with van der Waals surface area (Å²) in [5, 5.41) is 11.6. The number of nitrogens with zero attached hydrogens (tertiary/aromatic N) is 4. The average Bonchev–Trinajstić information content (AvgIpc) is 3.14. The molecule has 0 amide bonds. The summed E-state index contributed by atoms with van der Waals surface area (Å²) in [5.74, 6) is 1.34. The van der Waals surface area contributed by atoms with Crippen molar-refractivity contribution in [3.05, 3.63) is 68.3 Å². The van der Waals surface area contributed by atoms with Crippen LogP contribution in [0.3, 0.4) is 0 Å². The van der Waals surface area contributed by atoms with Gasteiger partial charge < -0.3 is 4.74 Å². The van der Waals surface area contributed by atoms with Crippen LogP contribution >= 0.6 is 0 Å². The summed E-state index contributed by atoms with van der Waals surface area (Å²) < 4.78 is 6.81. The van der Waals surface area contributed by atoms with Crippen molar-refractivity contribution in [1.82, 2.24) is 14.5 Å². The minimum absolute atomic E-state index is 0.00351. The Morgan fingerprint density at radius 3 is 2.55 bits per heavy atom. The van der Waals surface area contributed by atoms with Gasteiger partial charge in [-0.1, -0.05) is 0 Å². The summed E-state index contributed by atoms with van der Waals surface area (Å²) in [4.78, 5) is 31.4. The van der Waals surface area contributed by atoms with Crippen LogP contribution in [0.4, 0.5) is 5.69 Å². The molecule has 1 saturated heterocycles. The Bertz CT molecular complexity index is 1150. The fraction of sp³-hybridized carbons (Fsp3) is 0.333. The summed E-state index contributed by atoms with van der Waals surface area (Å²) in [7, 11) is 3.61. The normalized spacial score (nSPS) is 17.0. The van der Waals surface area contributed by atoms with E-state index in [2.05, 4.69) is 4.90 Å². The molecule has 0 N–H and O–H groups in total. The number of benzene rings is 2. The lowest BCUT2D eigenvalue weighted by atomic mass is 10.1. The molecule has 8 nitrogen and oxygen atoms in total. The lowest BCUT2D eigenvalue weighted by molar-refractivity contribution is -0.384. The van der Waals surface area contributed by atoms with Crippen LogP contribution in [0.2, 0.25) is 0 Å². The Hall–Kier alpha value is -3.26. The second-order valence-electron chi connectivity index (χ2n) is 7.36. The predicted molar refractivity (Wildman–Crippen MR) is 110 cm³/mol. The minimum Gasteiger partial charge on any atom is -0.497 e. The zero-order valence-electron chi connectivity index (χ0n) is 16.6. The van der Waals surface area contributed by atoms with Gasteiger partial charge in [-0.25, -0.2) is 4.98 Å². The van der Waals surface area contributed by atoms with Gasteiger partial charge in [-0.3, -0.25) is 24.4 Å². The van der Waals surface area contributed by atoms with Gasteiger partial charge in [-0.15, -0.1) is 0 Å². The van der Waals surface area contributed by atoms with Crippen molar-refractivity contribution in [1.29, 1.82) is 0 Å². The summed E-state index contributed by atoms with van der Waals surface area (Å²) in [5.41, 5.74) is 1.38. The standard InChI is InChI=1S/C21H22N4O4/c1-13-11-15(25(27)28)12-17-19(13)22-20(18-5-4-10-23(18)2)24(21(17)26)14-6-8-16(29-3)9-7-14/h6-9,11-12,18H,4-5,10H2,1-3H3. The van der Waals surface area contributed by atoms with Crippen LogP contribution in [0.25, 0.3) is 16.6 Å². The number of nitro benzene ring substituents is 1. The number of hydrogen-bond donors (Lipinski definition) is 0. The largest absolute Gasteiger partial charge is 0.497 e. The van der Waals surface area contributed by atoms with Gasteiger partial charge in [0.25, 0.3) is 11.2 Å². The third-order valence-electron chi connectivity index (χ3n) is 5.53. The van der Waals surface area contributed by atoms with Crippen molar-refractivity contribution in [2.45, 2.75) is 25.8 Å². The first-order valence-corrected chi connectivity index (χ1v) is 9.47. The molecule has 1 atom stereocenters. The molecule has 8 heteroatoms. The summed E-state index contributed by atoms with van der Waals surface area (Å²) in [6.45, 7) is 2.68. The molecular weight excluding hydrogens is 372 g/mol. The van der Waals surface area contributed by atoms with Crippen LogP contribution in [0.5, 0.6) is 5.75 Å². The third kappa shape index (κ3) is 3.25. The topological polar surface area (TPSA) is 90.5 Å². The molecule has 0 bridgehead atoms. The molecule has 4 rings (SSSR count). The van der Waals surface area contributed by atoms with Crippen molar-refractivity contribution in [2.75, 3.05) is 20.7 Å². The van der Waals surface area contributed by atoms with Crippen molar-refractivity contribution >= 4 is 16.6 Å². The van der Waals surface area contributed by atoms with Crippen molar-refractivity contribution in [3.63, 3.8) is 0 Å². The van der Waals surface area contributed by atoms with Gasteiger partial charge in [0.2, 0.25) is 0 Å². The molecule has 2 aromatic carbocycles. The highest BCUT2D eigenvalue weighted by molar-refractivity contribution is 5.84. The van der Waals surface area contributed by atoms with Gasteiger partial charge in [0, 0.05) is 12.1 Å². The molecule has 29 heavy (non-hydrogen) atoms. The molecule has 0 aliphatic carbocycles. The number of hydrogen-bond acceptors (Lipinski definition) is 6. The second-order valence-corrected chi connectivity index (χ2v) is 7.36. The van der Waals surface area contributed by atoms with Gasteiger partial charge in [-0.2, -0.15) is 0 Å². The van der Waals surface area contributed by atoms with Crippen molar-refractivity contribution < 1.29 is 9.66 Å². The number of aryl methyl sites for hydroxylation is 1. The number of non-ortho nitro benzene ring substituents is 1. The Labute approximate surface area is 167 Å². The summed E-state index contributed by atoms with van der Waals surface area (Å²) >= 11 is 0. The van der Waals surface area contributed by atoms with Crippen molar-refractivity contribution in [2.24, 2.45) is 0 Å². The van der Waals surface area contributed by atoms with E-state index >= 15 is 0 Å². The van der Waals surface area contributed by atoms with Gasteiger partial charge in [0.05, 0.1) is 34.7 Å². The molecule has 1 aliphatic heterocycles. The molecular formula is C21H22N4O4. The van der Waals surface area contributed by atoms with Crippen molar-refractivity contribution in [3.8, 4) is 11.4 Å². The third-order valence-corrected chi connectivity index (χ3v) is 5.53. The summed E-state index contributed by atoms with van der Waals surface area (Å²) in [6.07, 6.45) is 1.92. The molecule has 3 aromatic rings. The molecule has 2 heterocycles. The lowest BCUT2D eigenvalue weighted by Crippen LogP contribution is -2.30. The van der Waals surface area contributed by atoms with Crippen LogP contribution in [-0.2, 0) is 0 Å². The van der Waals surface area contributed by atoms with E-state index in [9.17, 15) is 14.9 Å². The number of rotatable bonds is 4. The Kier molecular flexibility index (Phi) is 4.79. The highest BCUT2D eigenvalue weighted by atomic mass is 16.6. The quantitative estimate of drug-likeness (QED) is 0.498. The molecule has 1 fully saturated rings. The maximum absolute atomic E-state index is 13.5. The highest BCUT2D eigenvalue weighted by Crippen LogP contribution is 2.32. The lowest BCUT2D eigenvalue weighted by Gasteiger charge is -2.23. The number of fused-ring (bicyclic) bond motifs is 1. The van der Waals surface area contributed by atoms with E-state index in [1.807, 2.05) is 7.05 Å². The minimum atomic E-state index is -0.484. The SMILES string of the molecule is COc1ccc(-n2c(C3CCCN3C)nc3c(C)cc([N+](=O)[O-])cc3c2=O)cc1. The van der Waals surface area contributed by atoms with Gasteiger partial charge in [0.15, 0.2) is 0 Å². The number of aromatic nitrogens is 2. The van der Waals surface area contributed by atoms with E-state index in [-0.39, 0.29) is 22.7 Å². The molecule has 0 saturated carbocycles. The maximum atomic E-state index is 13.5. The molecule has 1 aromatic heterocycles. The fourth-order valence-electron chi connectivity index (χ4n) is 4.01. The molecule has 1 unspecified atom stereocenters. The summed E-state index contributed by atoms with van der Waals surface area (Å²) in [6, 6.07) is 9.96. The zero-order chi connectivity index (χ0) is 20.7. The maximum Gasteiger partial charge on any atom is 0.270 e. The Balaban J connectivity index is 2.05. The van der Waals surface area contributed by atoms with Crippen LogP contribution in [0.1, 0.15) is 30.3 Å². The first-order chi connectivity index (χ1) is 13.9. The smallest absolute Gasteiger partial charge is 0.270 e. The second kappa shape index (κ2) is 7.29. The van der Waals surface area contributed by atoms with E-state index in [1.165, 1.54) is 12.1 Å². The van der Waals surface area contributed by atoms with E-state index < -0.39 is 4.92 Å².